The lowest BCUT2D eigenvalue weighted by atomic mass is 10.0. The van der Waals surface area contributed by atoms with Gasteiger partial charge in [-0.1, -0.05) is 36.4 Å². The average molecular weight is 318 g/mol. The molecule has 0 saturated carbocycles. The van der Waals surface area contributed by atoms with Crippen molar-refractivity contribution in [2.45, 2.75) is 70.1 Å². The van der Waals surface area contributed by atoms with Gasteiger partial charge in [0.1, 0.15) is 6.10 Å². The van der Waals surface area contributed by atoms with Crippen molar-refractivity contribution in [3.63, 3.8) is 0 Å². The van der Waals surface area contributed by atoms with Crippen LogP contribution in [-0.4, -0.2) is 30.4 Å². The largest absolute Gasteiger partial charge is 0.371 e. The van der Waals surface area contributed by atoms with E-state index in [-0.39, 0.29) is 24.6 Å². The minimum absolute atomic E-state index is 0.00144. The third-order valence-electron chi connectivity index (χ3n) is 4.29. The van der Waals surface area contributed by atoms with Gasteiger partial charge in [-0.2, -0.15) is 0 Å². The SMILES string of the molecule is C=CCC[C@@H](OCc1ccccc1)[C@H]1C[C@H]2OC(C)(C)O[C@H]2O1. The zero-order chi connectivity index (χ0) is 16.3. The Bertz CT molecular complexity index is 497. The predicted molar refractivity (Wildman–Crippen MR) is 87.8 cm³/mol. The summed E-state index contributed by atoms with van der Waals surface area (Å²) in [4.78, 5) is 0. The molecule has 23 heavy (non-hydrogen) atoms. The van der Waals surface area contributed by atoms with E-state index in [0.29, 0.717) is 6.61 Å². The molecule has 126 valence electrons. The molecule has 2 aliphatic heterocycles. The maximum Gasteiger partial charge on any atom is 0.187 e. The Morgan fingerprint density at radius 1 is 1.30 bits per heavy atom. The topological polar surface area (TPSA) is 36.9 Å². The maximum absolute atomic E-state index is 6.15. The van der Waals surface area contributed by atoms with Crippen molar-refractivity contribution in [3.05, 3.63) is 48.6 Å². The number of rotatable bonds is 7. The van der Waals surface area contributed by atoms with E-state index in [1.807, 2.05) is 38.1 Å². The summed E-state index contributed by atoms with van der Waals surface area (Å²) in [6, 6.07) is 10.2. The van der Waals surface area contributed by atoms with Gasteiger partial charge < -0.3 is 18.9 Å². The Morgan fingerprint density at radius 3 is 2.78 bits per heavy atom. The Balaban J connectivity index is 1.58. The number of fused-ring (bicyclic) bond motifs is 1. The van der Waals surface area contributed by atoms with Crippen LogP contribution >= 0.6 is 0 Å². The van der Waals surface area contributed by atoms with Crippen LogP contribution in [-0.2, 0) is 25.6 Å². The molecule has 0 radical (unpaired) electrons. The van der Waals surface area contributed by atoms with Gasteiger partial charge in [0.15, 0.2) is 12.1 Å². The highest BCUT2D eigenvalue weighted by Crippen LogP contribution is 2.39. The normalized spacial score (nSPS) is 30.1. The summed E-state index contributed by atoms with van der Waals surface area (Å²) < 4.78 is 23.9. The van der Waals surface area contributed by atoms with Crippen LogP contribution in [0.25, 0.3) is 0 Å². The van der Waals surface area contributed by atoms with Gasteiger partial charge in [-0.25, -0.2) is 0 Å². The monoisotopic (exact) mass is 318 g/mol. The molecule has 2 aliphatic rings. The van der Waals surface area contributed by atoms with Gasteiger partial charge >= 0.3 is 0 Å². The molecular formula is C19H26O4. The first-order chi connectivity index (χ1) is 11.1. The molecule has 0 spiro atoms. The fourth-order valence-corrected chi connectivity index (χ4v) is 3.21. The molecule has 0 bridgehead atoms. The summed E-state index contributed by atoms with van der Waals surface area (Å²) in [5.74, 6) is -0.554. The second-order valence-corrected chi connectivity index (χ2v) is 6.65. The molecule has 2 fully saturated rings. The third kappa shape index (κ3) is 4.21. The number of allylic oxidation sites excluding steroid dienone is 1. The van der Waals surface area contributed by atoms with Gasteiger partial charge in [-0.3, -0.25) is 0 Å². The molecule has 4 nitrogen and oxygen atoms in total. The lowest BCUT2D eigenvalue weighted by molar-refractivity contribution is -0.218. The van der Waals surface area contributed by atoms with E-state index in [0.717, 1.165) is 19.3 Å². The average Bonchev–Trinajstić information content (AvgIpc) is 3.02. The Hall–Kier alpha value is -1.20. The predicted octanol–water partition coefficient (Wildman–Crippen LogP) is 3.80. The number of hydrogen-bond donors (Lipinski definition) is 0. The minimum atomic E-state index is -0.554. The first-order valence-electron chi connectivity index (χ1n) is 8.35. The zero-order valence-electron chi connectivity index (χ0n) is 13.9. The highest BCUT2D eigenvalue weighted by molar-refractivity contribution is 5.13. The van der Waals surface area contributed by atoms with Crippen LogP contribution < -0.4 is 0 Å². The summed E-state index contributed by atoms with van der Waals surface area (Å²) in [6.07, 6.45) is 4.28. The summed E-state index contributed by atoms with van der Waals surface area (Å²) in [5.41, 5.74) is 1.17. The third-order valence-corrected chi connectivity index (χ3v) is 4.29. The van der Waals surface area contributed by atoms with Crippen molar-refractivity contribution < 1.29 is 18.9 Å². The van der Waals surface area contributed by atoms with E-state index in [4.69, 9.17) is 18.9 Å². The lowest BCUT2D eigenvalue weighted by Crippen LogP contribution is -2.32. The molecule has 0 aliphatic carbocycles. The Kier molecular flexibility index (Phi) is 5.17. The summed E-state index contributed by atoms with van der Waals surface area (Å²) in [5, 5.41) is 0. The second kappa shape index (κ2) is 7.14. The molecule has 4 heteroatoms. The number of ether oxygens (including phenoxy) is 4. The van der Waals surface area contributed by atoms with E-state index >= 15 is 0 Å². The van der Waals surface area contributed by atoms with E-state index in [1.165, 1.54) is 5.56 Å². The van der Waals surface area contributed by atoms with Crippen molar-refractivity contribution in [2.24, 2.45) is 0 Å². The standard InChI is InChI=1S/C19H26O4/c1-4-5-11-15(20-13-14-9-7-6-8-10-14)16-12-17-18(21-16)23-19(2,3)22-17/h4,6-10,15-18H,1,5,11-13H2,2-3H3/t15-,16-,17-,18-/m1/s1. The van der Waals surface area contributed by atoms with Crippen molar-refractivity contribution in [1.82, 2.24) is 0 Å². The van der Waals surface area contributed by atoms with Gasteiger partial charge in [0.25, 0.3) is 0 Å². The second-order valence-electron chi connectivity index (χ2n) is 6.65. The van der Waals surface area contributed by atoms with Crippen LogP contribution in [0.3, 0.4) is 0 Å². The molecule has 0 unspecified atom stereocenters. The van der Waals surface area contributed by atoms with Crippen molar-refractivity contribution in [3.8, 4) is 0 Å². The molecule has 0 N–H and O–H groups in total. The minimum Gasteiger partial charge on any atom is -0.371 e. The quantitative estimate of drug-likeness (QED) is 0.717. The zero-order valence-corrected chi connectivity index (χ0v) is 13.9. The van der Waals surface area contributed by atoms with Gasteiger partial charge in [0, 0.05) is 6.42 Å². The van der Waals surface area contributed by atoms with Crippen LogP contribution in [0.2, 0.25) is 0 Å². The first-order valence-corrected chi connectivity index (χ1v) is 8.35. The van der Waals surface area contributed by atoms with Crippen LogP contribution in [0.1, 0.15) is 38.7 Å². The molecule has 2 saturated heterocycles. The maximum atomic E-state index is 6.15. The van der Waals surface area contributed by atoms with E-state index in [1.54, 1.807) is 0 Å². The van der Waals surface area contributed by atoms with E-state index in [9.17, 15) is 0 Å². The molecule has 4 atom stereocenters. The van der Waals surface area contributed by atoms with E-state index in [2.05, 4.69) is 18.7 Å². The van der Waals surface area contributed by atoms with Crippen LogP contribution in [0.4, 0.5) is 0 Å². The van der Waals surface area contributed by atoms with Crippen molar-refractivity contribution >= 4 is 0 Å². The van der Waals surface area contributed by atoms with Crippen LogP contribution in [0, 0.1) is 0 Å². The fourth-order valence-electron chi connectivity index (χ4n) is 3.21. The van der Waals surface area contributed by atoms with Crippen molar-refractivity contribution in [1.29, 1.82) is 0 Å². The summed E-state index contributed by atoms with van der Waals surface area (Å²) in [7, 11) is 0. The molecule has 0 aromatic heterocycles. The molecule has 1 aromatic carbocycles. The lowest BCUT2D eigenvalue weighted by Gasteiger charge is -2.26. The summed E-state index contributed by atoms with van der Waals surface area (Å²) in [6.45, 7) is 8.24. The molecular weight excluding hydrogens is 292 g/mol. The van der Waals surface area contributed by atoms with Crippen LogP contribution in [0.15, 0.2) is 43.0 Å². The molecule has 3 rings (SSSR count). The van der Waals surface area contributed by atoms with Gasteiger partial charge in [-0.05, 0) is 32.3 Å². The van der Waals surface area contributed by atoms with Crippen LogP contribution in [0.5, 0.6) is 0 Å². The molecule has 0 amide bonds. The highest BCUT2D eigenvalue weighted by atomic mass is 16.8. The Labute approximate surface area is 138 Å². The fraction of sp³-hybridized carbons (Fsp3) is 0.579. The van der Waals surface area contributed by atoms with E-state index < -0.39 is 5.79 Å². The molecule has 1 aromatic rings. The van der Waals surface area contributed by atoms with Gasteiger partial charge in [0.2, 0.25) is 0 Å². The van der Waals surface area contributed by atoms with Crippen molar-refractivity contribution in [2.75, 3.05) is 0 Å². The first kappa shape index (κ1) is 16.7. The smallest absolute Gasteiger partial charge is 0.187 e. The Morgan fingerprint density at radius 2 is 2.09 bits per heavy atom. The molecule has 2 heterocycles. The highest BCUT2D eigenvalue weighted by Gasteiger charge is 2.50. The summed E-state index contributed by atoms with van der Waals surface area (Å²) >= 11 is 0. The van der Waals surface area contributed by atoms with Gasteiger partial charge in [0.05, 0.1) is 18.8 Å². The number of hydrogen-bond acceptors (Lipinski definition) is 4. The number of benzene rings is 1. The van der Waals surface area contributed by atoms with Gasteiger partial charge in [-0.15, -0.1) is 6.58 Å².